The molecule has 6 nitrogen and oxygen atoms in total. The first-order valence-corrected chi connectivity index (χ1v) is 11.9. The third kappa shape index (κ3) is 5.74. The first-order valence-electron chi connectivity index (χ1n) is 9.53. The van der Waals surface area contributed by atoms with Crippen molar-refractivity contribution in [3.8, 4) is 0 Å². The molecule has 2 aromatic carbocycles. The van der Waals surface area contributed by atoms with Crippen molar-refractivity contribution in [2.24, 2.45) is 5.10 Å². The van der Waals surface area contributed by atoms with Crippen LogP contribution in [0.15, 0.2) is 81.9 Å². The number of thiophene rings is 1. The summed E-state index contributed by atoms with van der Waals surface area (Å²) < 4.78 is 27.2. The van der Waals surface area contributed by atoms with E-state index in [0.717, 1.165) is 16.9 Å². The molecular weight excluding hydrogens is 430 g/mol. The summed E-state index contributed by atoms with van der Waals surface area (Å²) in [5.41, 5.74) is 5.98. The predicted octanol–water partition coefficient (Wildman–Crippen LogP) is 4.13. The molecule has 0 aliphatic heterocycles. The van der Waals surface area contributed by atoms with E-state index in [9.17, 15) is 13.5 Å². The van der Waals surface area contributed by atoms with Crippen molar-refractivity contribution < 1.29 is 13.5 Å². The third-order valence-electron chi connectivity index (χ3n) is 4.54. The van der Waals surface area contributed by atoms with E-state index >= 15 is 0 Å². The Morgan fingerprint density at radius 2 is 1.61 bits per heavy atom. The van der Waals surface area contributed by atoms with E-state index in [1.54, 1.807) is 11.4 Å². The topological polar surface area (TPSA) is 93.6 Å². The van der Waals surface area contributed by atoms with Crippen LogP contribution in [-0.2, 0) is 15.4 Å². The molecule has 162 valence electrons. The molecule has 1 heterocycles. The highest BCUT2D eigenvalue weighted by Crippen LogP contribution is 2.23. The highest BCUT2D eigenvalue weighted by atomic mass is 32.2. The van der Waals surface area contributed by atoms with Gasteiger partial charge in [0.25, 0.3) is 10.0 Å². The number of benzene rings is 2. The van der Waals surface area contributed by atoms with E-state index in [1.165, 1.54) is 35.9 Å². The highest BCUT2D eigenvalue weighted by molar-refractivity contribution is 7.94. The summed E-state index contributed by atoms with van der Waals surface area (Å²) in [7, 11) is -3.63. The van der Waals surface area contributed by atoms with Crippen molar-refractivity contribution in [3.63, 3.8) is 0 Å². The lowest BCUT2D eigenvalue weighted by atomic mass is 9.86. The molecule has 0 aliphatic carbocycles. The lowest BCUT2D eigenvalue weighted by Crippen LogP contribution is -2.22. The molecule has 8 heteroatoms. The lowest BCUT2D eigenvalue weighted by molar-refractivity contribution is -0.213. The number of nitrogens with zero attached hydrogens (tertiary/aromatic N) is 1. The number of nitrogens with one attached hydrogen (secondary N) is 2. The van der Waals surface area contributed by atoms with E-state index in [4.69, 9.17) is 0 Å². The van der Waals surface area contributed by atoms with Gasteiger partial charge in [0.15, 0.2) is 0 Å². The normalized spacial score (nSPS) is 12.4. The van der Waals surface area contributed by atoms with Crippen LogP contribution in [0.4, 0.5) is 5.69 Å². The van der Waals surface area contributed by atoms with Gasteiger partial charge in [0, 0.05) is 11.6 Å². The molecule has 0 bridgehead atoms. The van der Waals surface area contributed by atoms with Gasteiger partial charge in [-0.25, -0.2) is 8.42 Å². The minimum atomic E-state index is -3.63. The molecule has 0 saturated carbocycles. The summed E-state index contributed by atoms with van der Waals surface area (Å²) in [4.78, 5) is 0. The van der Waals surface area contributed by atoms with Gasteiger partial charge in [0.1, 0.15) is 4.21 Å². The quantitative estimate of drug-likeness (QED) is 0.319. The number of hydrogen-bond donors (Lipinski definition) is 2. The van der Waals surface area contributed by atoms with Crippen molar-refractivity contribution in [2.75, 3.05) is 4.72 Å². The van der Waals surface area contributed by atoms with Gasteiger partial charge in [-0.3, -0.25) is 10.1 Å². The van der Waals surface area contributed by atoms with Crippen molar-refractivity contribution in [2.45, 2.75) is 30.4 Å². The standard InChI is InChI=1S/C23H25N3O3S2/c1-16(17-7-11-19(12-8-17)23(2,3)4)24-25-22(27)18-9-13-20(14-10-18)26-31(28,29)21-6-5-15-30-21/h5-15,24,26H,1H2,2-4H3,(H,25,27)/p-1. The van der Waals surface area contributed by atoms with Crippen LogP contribution in [0, 0.1) is 0 Å². The second-order valence-corrected chi connectivity index (χ2v) is 10.8. The molecule has 0 saturated heterocycles. The molecule has 0 radical (unpaired) electrons. The van der Waals surface area contributed by atoms with Gasteiger partial charge < -0.3 is 5.11 Å². The molecule has 0 fully saturated rings. The fraction of sp³-hybridized carbons (Fsp3) is 0.174. The van der Waals surface area contributed by atoms with E-state index in [-0.39, 0.29) is 9.62 Å². The van der Waals surface area contributed by atoms with Crippen LogP contribution in [0.5, 0.6) is 0 Å². The maximum absolute atomic E-state index is 12.3. The molecule has 2 N–H and O–H groups in total. The average Bonchev–Trinajstić information content (AvgIpc) is 3.27. The largest absolute Gasteiger partial charge is 0.857 e. The molecule has 31 heavy (non-hydrogen) atoms. The molecule has 1 aromatic heterocycles. The SMILES string of the molecule is C=C(NN=C([O-])c1ccc(NS(=O)(=O)c2cccs2)cc1)c1ccc(C(C)(C)C)cc1. The summed E-state index contributed by atoms with van der Waals surface area (Å²) in [6, 6.07) is 17.2. The van der Waals surface area contributed by atoms with E-state index in [0.29, 0.717) is 16.9 Å². The lowest BCUT2D eigenvalue weighted by Gasteiger charge is -2.19. The fourth-order valence-electron chi connectivity index (χ4n) is 2.72. The van der Waals surface area contributed by atoms with Crippen LogP contribution < -0.4 is 15.3 Å². The van der Waals surface area contributed by atoms with Gasteiger partial charge in [0.2, 0.25) is 0 Å². The van der Waals surface area contributed by atoms with Crippen LogP contribution in [0.25, 0.3) is 5.70 Å². The number of rotatable bonds is 7. The van der Waals surface area contributed by atoms with E-state index < -0.39 is 15.9 Å². The summed E-state index contributed by atoms with van der Waals surface area (Å²) in [5.74, 6) is -0.486. The van der Waals surface area contributed by atoms with Gasteiger partial charge in [-0.2, -0.15) is 5.10 Å². The van der Waals surface area contributed by atoms with Crippen molar-refractivity contribution in [1.29, 1.82) is 0 Å². The molecule has 0 spiro atoms. The maximum Gasteiger partial charge on any atom is 0.271 e. The van der Waals surface area contributed by atoms with Gasteiger partial charge >= 0.3 is 0 Å². The van der Waals surface area contributed by atoms with Gasteiger partial charge in [-0.15, -0.1) is 11.3 Å². The third-order valence-corrected chi connectivity index (χ3v) is 7.31. The Labute approximate surface area is 187 Å². The Morgan fingerprint density at radius 3 is 2.16 bits per heavy atom. The summed E-state index contributed by atoms with van der Waals surface area (Å²) in [6.07, 6.45) is 0. The monoisotopic (exact) mass is 454 g/mol. The van der Waals surface area contributed by atoms with Crippen LogP contribution in [0.2, 0.25) is 0 Å². The molecular formula is C23H24N3O3S2-. The first-order chi connectivity index (χ1) is 14.6. The first kappa shape index (κ1) is 22.6. The Balaban J connectivity index is 1.64. The van der Waals surface area contributed by atoms with E-state index in [1.807, 2.05) is 24.3 Å². The zero-order valence-electron chi connectivity index (χ0n) is 17.5. The molecule has 0 atom stereocenters. The summed E-state index contributed by atoms with van der Waals surface area (Å²) in [6.45, 7) is 10.3. The van der Waals surface area contributed by atoms with Crippen molar-refractivity contribution >= 4 is 38.6 Å². The number of anilines is 1. The summed E-state index contributed by atoms with van der Waals surface area (Å²) in [5, 5.41) is 17.9. The summed E-state index contributed by atoms with van der Waals surface area (Å²) >= 11 is 1.13. The molecule has 0 aliphatic rings. The molecule has 3 rings (SSSR count). The van der Waals surface area contributed by atoms with Gasteiger partial charge in [0.05, 0.1) is 5.70 Å². The Morgan fingerprint density at radius 1 is 1.00 bits per heavy atom. The second kappa shape index (κ2) is 8.95. The Hall–Kier alpha value is -3.10. The van der Waals surface area contributed by atoms with Crippen LogP contribution >= 0.6 is 11.3 Å². The molecule has 3 aromatic rings. The Kier molecular flexibility index (Phi) is 6.52. The predicted molar refractivity (Wildman–Crippen MR) is 125 cm³/mol. The minimum Gasteiger partial charge on any atom is -0.857 e. The van der Waals surface area contributed by atoms with Crippen LogP contribution in [0.3, 0.4) is 0 Å². The number of sulfonamides is 1. The smallest absolute Gasteiger partial charge is 0.271 e. The van der Waals surface area contributed by atoms with E-state index in [2.05, 4.69) is 42.6 Å². The molecule has 0 unspecified atom stereocenters. The van der Waals surface area contributed by atoms with Crippen molar-refractivity contribution in [3.05, 3.63) is 89.3 Å². The van der Waals surface area contributed by atoms with Gasteiger partial charge in [-0.05, 0) is 45.7 Å². The second-order valence-electron chi connectivity index (χ2n) is 7.95. The molecule has 0 amide bonds. The fourth-order valence-corrected chi connectivity index (χ4v) is 4.77. The zero-order chi connectivity index (χ0) is 22.6. The highest BCUT2D eigenvalue weighted by Gasteiger charge is 2.15. The van der Waals surface area contributed by atoms with Gasteiger partial charge in [-0.1, -0.05) is 69.8 Å². The van der Waals surface area contributed by atoms with Crippen LogP contribution in [0.1, 0.15) is 37.5 Å². The Bertz CT molecular complexity index is 1170. The maximum atomic E-state index is 12.3. The number of hydrogen-bond acceptors (Lipinski definition) is 6. The van der Waals surface area contributed by atoms with Crippen LogP contribution in [-0.4, -0.2) is 14.3 Å². The number of hydrazone groups is 1. The average molecular weight is 455 g/mol. The zero-order valence-corrected chi connectivity index (χ0v) is 19.2. The van der Waals surface area contributed by atoms with Crippen molar-refractivity contribution in [1.82, 2.24) is 5.43 Å². The minimum absolute atomic E-state index is 0.0533.